The zero-order valence-electron chi connectivity index (χ0n) is 14.9. The minimum Gasteiger partial charge on any atom is -0.356 e. The van der Waals surface area contributed by atoms with Gasteiger partial charge >= 0.3 is 0 Å². The van der Waals surface area contributed by atoms with Crippen LogP contribution in [0.1, 0.15) is 29.3 Å². The van der Waals surface area contributed by atoms with Crippen molar-refractivity contribution in [2.24, 2.45) is 5.92 Å². The van der Waals surface area contributed by atoms with Crippen LogP contribution in [0.4, 0.5) is 4.39 Å². The highest BCUT2D eigenvalue weighted by atomic mass is 32.1. The van der Waals surface area contributed by atoms with Gasteiger partial charge in [-0.15, -0.1) is 11.3 Å². The Kier molecular flexibility index (Phi) is 5.30. The summed E-state index contributed by atoms with van der Waals surface area (Å²) in [5, 5.41) is 4.10. The molecule has 1 aliphatic rings. The maximum absolute atomic E-state index is 13.0. The average molecular weight is 380 g/mol. The van der Waals surface area contributed by atoms with Gasteiger partial charge in [0.1, 0.15) is 5.82 Å². The standard InChI is InChI=1S/C22H21FN2OS/c23-16-11-9-15(10-12-16)13-14-24-21(26)17-5-1-2-6-18(17)22-25-19-7-3-4-8-20(19)27-22/h1-4,7-12,17-18H,5-6,13-14H2,(H,24,26)/t17-,18+/m1/s1. The quantitative estimate of drug-likeness (QED) is 0.643. The van der Waals surface area contributed by atoms with E-state index in [1.807, 2.05) is 18.2 Å². The average Bonchev–Trinajstić information content (AvgIpc) is 3.13. The number of hydrogen-bond acceptors (Lipinski definition) is 3. The van der Waals surface area contributed by atoms with Crippen LogP contribution in [0.3, 0.4) is 0 Å². The number of fused-ring (bicyclic) bond motifs is 1. The van der Waals surface area contributed by atoms with Crippen molar-refractivity contribution >= 4 is 27.5 Å². The Hall–Kier alpha value is -2.53. The molecule has 0 bridgehead atoms. The van der Waals surface area contributed by atoms with Crippen molar-refractivity contribution in [3.63, 3.8) is 0 Å². The predicted octanol–water partition coefficient (Wildman–Crippen LogP) is 4.84. The van der Waals surface area contributed by atoms with Crippen molar-refractivity contribution in [2.75, 3.05) is 6.54 Å². The lowest BCUT2D eigenvalue weighted by Crippen LogP contribution is -2.36. The second kappa shape index (κ2) is 8.01. The number of carbonyl (C=O) groups is 1. The van der Waals surface area contributed by atoms with E-state index in [1.54, 1.807) is 23.5 Å². The lowest BCUT2D eigenvalue weighted by molar-refractivity contribution is -0.125. The molecule has 3 aromatic rings. The van der Waals surface area contributed by atoms with E-state index in [1.165, 1.54) is 12.1 Å². The van der Waals surface area contributed by atoms with Crippen molar-refractivity contribution in [3.8, 4) is 0 Å². The lowest BCUT2D eigenvalue weighted by atomic mass is 9.82. The fourth-order valence-corrected chi connectivity index (χ4v) is 4.68. The molecule has 2 aromatic carbocycles. The molecule has 0 radical (unpaired) electrons. The van der Waals surface area contributed by atoms with Gasteiger partial charge in [-0.25, -0.2) is 9.37 Å². The number of nitrogens with zero attached hydrogens (tertiary/aromatic N) is 1. The van der Waals surface area contributed by atoms with Gasteiger partial charge in [0.15, 0.2) is 0 Å². The van der Waals surface area contributed by atoms with Crippen molar-refractivity contribution in [1.29, 1.82) is 0 Å². The van der Waals surface area contributed by atoms with Gasteiger partial charge < -0.3 is 5.32 Å². The molecule has 0 unspecified atom stereocenters. The second-order valence-corrected chi connectivity index (χ2v) is 7.91. The van der Waals surface area contributed by atoms with E-state index in [0.29, 0.717) is 13.0 Å². The van der Waals surface area contributed by atoms with Gasteiger partial charge in [-0.1, -0.05) is 36.4 Å². The number of hydrogen-bond donors (Lipinski definition) is 1. The molecule has 5 heteroatoms. The van der Waals surface area contributed by atoms with Crippen LogP contribution >= 0.6 is 11.3 Å². The Morgan fingerprint density at radius 3 is 2.70 bits per heavy atom. The maximum Gasteiger partial charge on any atom is 0.224 e. The van der Waals surface area contributed by atoms with Crippen LogP contribution in [-0.2, 0) is 11.2 Å². The fourth-order valence-electron chi connectivity index (χ4n) is 3.54. The van der Waals surface area contributed by atoms with Gasteiger partial charge in [-0.2, -0.15) is 0 Å². The molecule has 3 nitrogen and oxygen atoms in total. The fraction of sp³-hybridized carbons (Fsp3) is 0.273. The monoisotopic (exact) mass is 380 g/mol. The number of nitrogens with one attached hydrogen (secondary N) is 1. The largest absolute Gasteiger partial charge is 0.356 e. The number of rotatable bonds is 5. The summed E-state index contributed by atoms with van der Waals surface area (Å²) in [6.07, 6.45) is 6.52. The first-order valence-electron chi connectivity index (χ1n) is 9.23. The van der Waals surface area contributed by atoms with E-state index in [-0.39, 0.29) is 23.6 Å². The second-order valence-electron chi connectivity index (χ2n) is 6.84. The van der Waals surface area contributed by atoms with E-state index in [4.69, 9.17) is 4.98 Å². The highest BCUT2D eigenvalue weighted by Crippen LogP contribution is 2.38. The molecular weight excluding hydrogens is 359 g/mol. The van der Waals surface area contributed by atoms with Crippen molar-refractivity contribution in [1.82, 2.24) is 10.3 Å². The van der Waals surface area contributed by atoms with E-state index in [9.17, 15) is 9.18 Å². The molecular formula is C22H21FN2OS. The minimum atomic E-state index is -0.240. The highest BCUT2D eigenvalue weighted by molar-refractivity contribution is 7.18. The van der Waals surface area contributed by atoms with Crippen LogP contribution in [0.2, 0.25) is 0 Å². The molecule has 1 heterocycles. The summed E-state index contributed by atoms with van der Waals surface area (Å²) in [6, 6.07) is 14.5. The van der Waals surface area contributed by atoms with Crippen LogP contribution < -0.4 is 5.32 Å². The molecule has 4 rings (SSSR count). The summed E-state index contributed by atoms with van der Waals surface area (Å²) in [4.78, 5) is 17.6. The molecule has 2 atom stereocenters. The number of allylic oxidation sites excluding steroid dienone is 2. The summed E-state index contributed by atoms with van der Waals surface area (Å²) in [5.41, 5.74) is 2.02. The van der Waals surface area contributed by atoms with Crippen molar-refractivity contribution in [3.05, 3.63) is 77.1 Å². The third-order valence-electron chi connectivity index (χ3n) is 5.02. The summed E-state index contributed by atoms with van der Waals surface area (Å²) in [5.74, 6) is -0.136. The Balaban J connectivity index is 1.43. The first kappa shape index (κ1) is 17.9. The topological polar surface area (TPSA) is 42.0 Å². The number of para-hydroxylation sites is 1. The van der Waals surface area contributed by atoms with Gasteiger partial charge in [0.05, 0.1) is 21.1 Å². The first-order chi connectivity index (χ1) is 13.2. The zero-order chi connectivity index (χ0) is 18.6. The third-order valence-corrected chi connectivity index (χ3v) is 6.19. The molecule has 1 aliphatic carbocycles. The van der Waals surface area contributed by atoms with Crippen LogP contribution in [0.5, 0.6) is 0 Å². The Morgan fingerprint density at radius 2 is 1.89 bits per heavy atom. The van der Waals surface area contributed by atoms with E-state index >= 15 is 0 Å². The number of carbonyl (C=O) groups excluding carboxylic acids is 1. The first-order valence-corrected chi connectivity index (χ1v) is 10.0. The van der Waals surface area contributed by atoms with Crippen LogP contribution in [0.15, 0.2) is 60.7 Å². The lowest BCUT2D eigenvalue weighted by Gasteiger charge is -2.26. The van der Waals surface area contributed by atoms with Gasteiger partial charge in [0.2, 0.25) is 5.91 Å². The Labute approximate surface area is 161 Å². The Bertz CT molecular complexity index is 931. The van der Waals surface area contributed by atoms with Gasteiger partial charge in [0, 0.05) is 12.5 Å². The highest BCUT2D eigenvalue weighted by Gasteiger charge is 2.32. The maximum atomic E-state index is 13.0. The molecule has 1 aromatic heterocycles. The van der Waals surface area contributed by atoms with Gasteiger partial charge in [-0.3, -0.25) is 4.79 Å². The van der Waals surface area contributed by atoms with Crippen LogP contribution in [0.25, 0.3) is 10.2 Å². The molecule has 0 saturated carbocycles. The van der Waals surface area contributed by atoms with Crippen LogP contribution in [0, 0.1) is 11.7 Å². The van der Waals surface area contributed by atoms with Crippen LogP contribution in [-0.4, -0.2) is 17.4 Å². The molecule has 0 fully saturated rings. The number of thiazole rings is 1. The summed E-state index contributed by atoms with van der Waals surface area (Å²) < 4.78 is 14.1. The predicted molar refractivity (Wildman–Crippen MR) is 107 cm³/mol. The molecule has 1 amide bonds. The van der Waals surface area contributed by atoms with Gasteiger partial charge in [-0.05, 0) is 49.1 Å². The molecule has 0 aliphatic heterocycles. The van der Waals surface area contributed by atoms with Crippen molar-refractivity contribution in [2.45, 2.75) is 25.2 Å². The van der Waals surface area contributed by atoms with E-state index < -0.39 is 0 Å². The van der Waals surface area contributed by atoms with Crippen molar-refractivity contribution < 1.29 is 9.18 Å². The molecule has 138 valence electrons. The molecule has 27 heavy (non-hydrogen) atoms. The SMILES string of the molecule is O=C(NCCc1ccc(F)cc1)[C@@H]1CC=CC[C@@H]1c1nc2ccccc2s1. The smallest absolute Gasteiger partial charge is 0.224 e. The molecule has 1 N–H and O–H groups in total. The molecule has 0 saturated heterocycles. The Morgan fingerprint density at radius 1 is 1.11 bits per heavy atom. The number of benzene rings is 2. The number of aromatic nitrogens is 1. The third kappa shape index (κ3) is 4.08. The summed E-state index contributed by atoms with van der Waals surface area (Å²) >= 11 is 1.69. The van der Waals surface area contributed by atoms with Gasteiger partial charge in [0.25, 0.3) is 0 Å². The minimum absolute atomic E-state index is 0.0747. The summed E-state index contributed by atoms with van der Waals surface area (Å²) in [6.45, 7) is 0.553. The number of halogens is 1. The van der Waals surface area contributed by atoms with E-state index in [2.05, 4.69) is 23.5 Å². The number of amides is 1. The summed E-state index contributed by atoms with van der Waals surface area (Å²) in [7, 11) is 0. The zero-order valence-corrected chi connectivity index (χ0v) is 15.7. The molecule has 0 spiro atoms. The normalized spacial score (nSPS) is 19.3. The van der Waals surface area contributed by atoms with E-state index in [0.717, 1.165) is 33.6 Å².